The van der Waals surface area contributed by atoms with E-state index in [9.17, 15) is 0 Å². The number of benzene rings is 2. The van der Waals surface area contributed by atoms with Crippen LogP contribution in [-0.4, -0.2) is 19.8 Å². The quantitative estimate of drug-likeness (QED) is 0.765. The Hall–Kier alpha value is -1.68. The van der Waals surface area contributed by atoms with Crippen LogP contribution in [0.3, 0.4) is 0 Å². The molecule has 0 radical (unpaired) electrons. The Bertz CT molecular complexity index is 580. The summed E-state index contributed by atoms with van der Waals surface area (Å²) in [5.74, 6) is 2.51. The molecular formula is C17H17BrO3. The van der Waals surface area contributed by atoms with E-state index in [0.29, 0.717) is 6.61 Å². The average molecular weight is 349 g/mol. The van der Waals surface area contributed by atoms with Crippen LogP contribution in [0.2, 0.25) is 0 Å². The van der Waals surface area contributed by atoms with Crippen molar-refractivity contribution in [2.24, 2.45) is 0 Å². The second kappa shape index (κ2) is 6.39. The average Bonchev–Trinajstić information content (AvgIpc) is 2.95. The van der Waals surface area contributed by atoms with Gasteiger partial charge in [0.25, 0.3) is 0 Å². The van der Waals surface area contributed by atoms with Crippen molar-refractivity contribution in [2.45, 2.75) is 17.9 Å². The largest absolute Gasteiger partial charge is 0.493 e. The van der Waals surface area contributed by atoms with E-state index in [1.54, 1.807) is 7.11 Å². The van der Waals surface area contributed by atoms with Gasteiger partial charge in [-0.1, -0.05) is 46.3 Å². The van der Waals surface area contributed by atoms with Crippen molar-refractivity contribution in [3.8, 4) is 17.2 Å². The molecule has 0 fully saturated rings. The minimum atomic E-state index is 0.0514. The molecule has 0 saturated heterocycles. The molecule has 3 rings (SSSR count). The number of halogens is 1. The number of rotatable bonds is 5. The number of methoxy groups -OCH3 is 1. The normalized spacial score (nSPS) is 16.2. The lowest BCUT2D eigenvalue weighted by molar-refractivity contribution is 0.145. The first-order valence-electron chi connectivity index (χ1n) is 6.91. The van der Waals surface area contributed by atoms with Gasteiger partial charge in [0.05, 0.1) is 7.11 Å². The predicted octanol–water partition coefficient (Wildman–Crippen LogP) is 3.97. The predicted molar refractivity (Wildman–Crippen MR) is 85.7 cm³/mol. The van der Waals surface area contributed by atoms with Crippen LogP contribution in [-0.2, 0) is 11.8 Å². The van der Waals surface area contributed by atoms with Crippen molar-refractivity contribution in [3.63, 3.8) is 0 Å². The van der Waals surface area contributed by atoms with E-state index < -0.39 is 0 Å². The molecule has 1 heterocycles. The summed E-state index contributed by atoms with van der Waals surface area (Å²) in [7, 11) is 1.65. The molecule has 2 aromatic rings. The lowest BCUT2D eigenvalue weighted by Crippen LogP contribution is -2.22. The van der Waals surface area contributed by atoms with Crippen molar-refractivity contribution in [1.82, 2.24) is 0 Å². The highest BCUT2D eigenvalue weighted by atomic mass is 79.9. The maximum absolute atomic E-state index is 5.99. The Morgan fingerprint density at radius 2 is 2.05 bits per heavy atom. The minimum absolute atomic E-state index is 0.0514. The molecule has 0 aliphatic carbocycles. The number of ether oxygens (including phenoxy) is 3. The highest BCUT2D eigenvalue weighted by Crippen LogP contribution is 2.34. The van der Waals surface area contributed by atoms with Crippen molar-refractivity contribution in [3.05, 3.63) is 53.6 Å². The number of para-hydroxylation sites is 2. The molecule has 1 atom stereocenters. The SMILES string of the molecule is COc1cccc(CBr)c1OCC1Cc2ccccc2O1. The van der Waals surface area contributed by atoms with Gasteiger partial charge in [-0.25, -0.2) is 0 Å². The second-order valence-electron chi connectivity index (χ2n) is 4.94. The molecule has 21 heavy (non-hydrogen) atoms. The summed E-state index contributed by atoms with van der Waals surface area (Å²) in [6.07, 6.45) is 0.935. The molecule has 0 N–H and O–H groups in total. The summed E-state index contributed by atoms with van der Waals surface area (Å²) in [6, 6.07) is 14.0. The van der Waals surface area contributed by atoms with Crippen LogP contribution >= 0.6 is 15.9 Å². The number of hydrogen-bond acceptors (Lipinski definition) is 3. The van der Waals surface area contributed by atoms with Crippen LogP contribution in [0.1, 0.15) is 11.1 Å². The van der Waals surface area contributed by atoms with Crippen molar-refractivity contribution < 1.29 is 14.2 Å². The molecule has 110 valence electrons. The molecule has 4 heteroatoms. The maximum Gasteiger partial charge on any atom is 0.165 e. The van der Waals surface area contributed by atoms with Gasteiger partial charge >= 0.3 is 0 Å². The lowest BCUT2D eigenvalue weighted by Gasteiger charge is -2.16. The second-order valence-corrected chi connectivity index (χ2v) is 5.51. The topological polar surface area (TPSA) is 27.7 Å². The van der Waals surface area contributed by atoms with Crippen LogP contribution < -0.4 is 14.2 Å². The van der Waals surface area contributed by atoms with E-state index in [0.717, 1.165) is 34.6 Å². The van der Waals surface area contributed by atoms with Gasteiger partial charge in [0, 0.05) is 17.3 Å². The molecule has 0 aromatic heterocycles. The van der Waals surface area contributed by atoms with Gasteiger partial charge in [-0.2, -0.15) is 0 Å². The molecule has 1 unspecified atom stereocenters. The van der Waals surface area contributed by atoms with Crippen LogP contribution in [0.15, 0.2) is 42.5 Å². The zero-order valence-electron chi connectivity index (χ0n) is 11.8. The Morgan fingerprint density at radius 3 is 2.81 bits per heavy atom. The molecule has 0 amide bonds. The first kappa shape index (κ1) is 14.3. The summed E-state index contributed by atoms with van der Waals surface area (Å²) in [6.45, 7) is 0.509. The van der Waals surface area contributed by atoms with Crippen molar-refractivity contribution >= 4 is 15.9 Å². The van der Waals surface area contributed by atoms with E-state index in [2.05, 4.69) is 22.0 Å². The Balaban J connectivity index is 1.69. The van der Waals surface area contributed by atoms with Crippen molar-refractivity contribution in [1.29, 1.82) is 0 Å². The lowest BCUT2D eigenvalue weighted by atomic mass is 10.1. The van der Waals surface area contributed by atoms with Gasteiger partial charge in [-0.3, -0.25) is 0 Å². The number of fused-ring (bicyclic) bond motifs is 1. The fourth-order valence-corrected chi connectivity index (χ4v) is 2.96. The Labute approximate surface area is 133 Å². The summed E-state index contributed by atoms with van der Waals surface area (Å²) < 4.78 is 17.3. The molecule has 0 bridgehead atoms. The van der Waals surface area contributed by atoms with E-state index in [4.69, 9.17) is 14.2 Å². The number of hydrogen-bond donors (Lipinski definition) is 0. The van der Waals surface area contributed by atoms with E-state index >= 15 is 0 Å². The van der Waals surface area contributed by atoms with Gasteiger partial charge in [-0.05, 0) is 17.7 Å². The van der Waals surface area contributed by atoms with Gasteiger partial charge in [-0.15, -0.1) is 0 Å². The van der Waals surface area contributed by atoms with E-state index in [1.807, 2.05) is 36.4 Å². The monoisotopic (exact) mass is 348 g/mol. The highest BCUT2D eigenvalue weighted by Gasteiger charge is 2.23. The van der Waals surface area contributed by atoms with Gasteiger partial charge in [0.15, 0.2) is 11.5 Å². The summed E-state index contributed by atoms with van der Waals surface area (Å²) in [4.78, 5) is 0. The number of alkyl halides is 1. The third kappa shape index (κ3) is 3.00. The molecule has 0 saturated carbocycles. The zero-order chi connectivity index (χ0) is 14.7. The van der Waals surface area contributed by atoms with Gasteiger partial charge in [0.2, 0.25) is 0 Å². The molecular weight excluding hydrogens is 332 g/mol. The van der Waals surface area contributed by atoms with E-state index in [1.165, 1.54) is 5.56 Å². The summed E-state index contributed by atoms with van der Waals surface area (Å²) in [5, 5.41) is 0.727. The summed E-state index contributed by atoms with van der Waals surface area (Å²) in [5.41, 5.74) is 2.32. The van der Waals surface area contributed by atoms with Gasteiger partial charge in [0.1, 0.15) is 18.5 Å². The third-order valence-electron chi connectivity index (χ3n) is 3.55. The summed E-state index contributed by atoms with van der Waals surface area (Å²) >= 11 is 3.48. The molecule has 1 aliphatic heterocycles. The Morgan fingerprint density at radius 1 is 1.19 bits per heavy atom. The van der Waals surface area contributed by atoms with Crippen LogP contribution in [0.25, 0.3) is 0 Å². The Kier molecular flexibility index (Phi) is 4.34. The van der Waals surface area contributed by atoms with Crippen LogP contribution in [0, 0.1) is 0 Å². The standard InChI is InChI=1S/C17H17BrO3/c1-19-16-8-4-6-13(10-18)17(16)20-11-14-9-12-5-2-3-7-15(12)21-14/h2-8,14H,9-11H2,1H3. The van der Waals surface area contributed by atoms with Gasteiger partial charge < -0.3 is 14.2 Å². The van der Waals surface area contributed by atoms with E-state index in [-0.39, 0.29) is 6.10 Å². The fraction of sp³-hybridized carbons (Fsp3) is 0.294. The fourth-order valence-electron chi connectivity index (χ4n) is 2.51. The van der Waals surface area contributed by atoms with Crippen LogP contribution in [0.4, 0.5) is 0 Å². The molecule has 2 aromatic carbocycles. The van der Waals surface area contributed by atoms with Crippen molar-refractivity contribution in [2.75, 3.05) is 13.7 Å². The van der Waals surface area contributed by atoms with Crippen LogP contribution in [0.5, 0.6) is 17.2 Å². The zero-order valence-corrected chi connectivity index (χ0v) is 13.4. The molecule has 1 aliphatic rings. The minimum Gasteiger partial charge on any atom is -0.493 e. The molecule has 0 spiro atoms. The maximum atomic E-state index is 5.99. The first-order valence-corrected chi connectivity index (χ1v) is 8.03. The molecule has 3 nitrogen and oxygen atoms in total. The smallest absolute Gasteiger partial charge is 0.165 e. The highest BCUT2D eigenvalue weighted by molar-refractivity contribution is 9.08. The third-order valence-corrected chi connectivity index (χ3v) is 4.16. The first-order chi connectivity index (χ1) is 10.3.